The molecule has 0 bridgehead atoms. The molecule has 1 N–H and O–H groups in total. The molecule has 1 aliphatic rings. The number of nitrogens with zero attached hydrogens (tertiary/aromatic N) is 2. The molecule has 0 aliphatic carbocycles. The summed E-state index contributed by atoms with van der Waals surface area (Å²) in [6, 6.07) is 11.5. The van der Waals surface area contributed by atoms with Gasteiger partial charge in [-0.15, -0.1) is 0 Å². The number of hydrogen-bond acceptors (Lipinski definition) is 5. The van der Waals surface area contributed by atoms with Crippen LogP contribution in [-0.4, -0.2) is 24.7 Å². The first kappa shape index (κ1) is 13.3. The third-order valence-electron chi connectivity index (χ3n) is 3.20. The quantitative estimate of drug-likeness (QED) is 0.937. The number of nitriles is 1. The van der Waals surface area contributed by atoms with Gasteiger partial charge >= 0.3 is 0 Å². The second-order valence-electron chi connectivity index (χ2n) is 4.59. The number of aromatic nitrogens is 1. The highest BCUT2D eigenvalue weighted by molar-refractivity contribution is 5.67. The van der Waals surface area contributed by atoms with Crippen molar-refractivity contribution in [3.8, 4) is 28.8 Å². The first-order valence-electron chi connectivity index (χ1n) is 6.87. The molecular formula is C16H15N3O2. The highest BCUT2D eigenvalue weighted by atomic mass is 16.6. The average molecular weight is 281 g/mol. The molecule has 0 atom stereocenters. The summed E-state index contributed by atoms with van der Waals surface area (Å²) in [5.74, 6) is 2.09. The van der Waals surface area contributed by atoms with Gasteiger partial charge in [0.2, 0.25) is 0 Å². The topological polar surface area (TPSA) is 67.2 Å². The number of nitrogens with one attached hydrogen (secondary N) is 1. The van der Waals surface area contributed by atoms with Crippen LogP contribution in [0.1, 0.15) is 12.5 Å². The van der Waals surface area contributed by atoms with Crippen LogP contribution in [0.3, 0.4) is 0 Å². The van der Waals surface area contributed by atoms with Gasteiger partial charge in [0, 0.05) is 12.1 Å². The molecule has 0 amide bonds. The van der Waals surface area contributed by atoms with Crippen LogP contribution in [0.2, 0.25) is 0 Å². The zero-order valence-corrected chi connectivity index (χ0v) is 11.7. The lowest BCUT2D eigenvalue weighted by atomic mass is 10.1. The summed E-state index contributed by atoms with van der Waals surface area (Å²) < 4.78 is 11.1. The first-order valence-corrected chi connectivity index (χ1v) is 6.87. The fourth-order valence-electron chi connectivity index (χ4n) is 2.22. The predicted octanol–water partition coefficient (Wildman–Crippen LogP) is 2.82. The SMILES string of the molecule is CCNc1nc(-c2ccc3c(c2)OCCO3)ccc1C#N. The molecular weight excluding hydrogens is 266 g/mol. The number of anilines is 1. The lowest BCUT2D eigenvalue weighted by Crippen LogP contribution is -2.15. The highest BCUT2D eigenvalue weighted by Crippen LogP contribution is 2.34. The molecule has 3 rings (SSSR count). The second kappa shape index (κ2) is 5.71. The number of pyridine rings is 1. The fourth-order valence-corrected chi connectivity index (χ4v) is 2.22. The minimum Gasteiger partial charge on any atom is -0.486 e. The van der Waals surface area contributed by atoms with E-state index in [2.05, 4.69) is 16.4 Å². The number of ether oxygens (including phenoxy) is 2. The Labute approximate surface area is 123 Å². The first-order chi connectivity index (χ1) is 10.3. The van der Waals surface area contributed by atoms with Crippen molar-refractivity contribution in [3.05, 3.63) is 35.9 Å². The van der Waals surface area contributed by atoms with Gasteiger partial charge in [0.05, 0.1) is 11.3 Å². The van der Waals surface area contributed by atoms with Gasteiger partial charge in [-0.2, -0.15) is 5.26 Å². The van der Waals surface area contributed by atoms with Gasteiger partial charge in [-0.1, -0.05) is 0 Å². The van der Waals surface area contributed by atoms with Gasteiger partial charge in [-0.3, -0.25) is 0 Å². The third-order valence-corrected chi connectivity index (χ3v) is 3.20. The van der Waals surface area contributed by atoms with Crippen molar-refractivity contribution >= 4 is 5.82 Å². The maximum atomic E-state index is 9.10. The van der Waals surface area contributed by atoms with Crippen LogP contribution in [0.4, 0.5) is 5.82 Å². The highest BCUT2D eigenvalue weighted by Gasteiger charge is 2.13. The van der Waals surface area contributed by atoms with E-state index in [1.807, 2.05) is 31.2 Å². The summed E-state index contributed by atoms with van der Waals surface area (Å²) in [4.78, 5) is 4.52. The van der Waals surface area contributed by atoms with Gasteiger partial charge < -0.3 is 14.8 Å². The molecule has 5 heteroatoms. The zero-order valence-electron chi connectivity index (χ0n) is 11.7. The normalized spacial score (nSPS) is 12.6. The van der Waals surface area contributed by atoms with Crippen molar-refractivity contribution in [1.82, 2.24) is 4.98 Å². The number of rotatable bonds is 3. The summed E-state index contributed by atoms with van der Waals surface area (Å²) >= 11 is 0. The van der Waals surface area contributed by atoms with Gasteiger partial charge in [-0.05, 0) is 37.3 Å². The largest absolute Gasteiger partial charge is 0.486 e. The third kappa shape index (κ3) is 2.61. The van der Waals surface area contributed by atoms with Crippen LogP contribution in [0.25, 0.3) is 11.3 Å². The molecule has 1 aromatic heterocycles. The van der Waals surface area contributed by atoms with Gasteiger partial charge in [0.1, 0.15) is 25.1 Å². The van der Waals surface area contributed by atoms with E-state index in [-0.39, 0.29) is 0 Å². The van der Waals surface area contributed by atoms with E-state index in [0.717, 1.165) is 22.8 Å². The Morgan fingerprint density at radius 2 is 2.00 bits per heavy atom. The average Bonchev–Trinajstić information content (AvgIpc) is 2.54. The molecule has 0 radical (unpaired) electrons. The van der Waals surface area contributed by atoms with Crippen LogP contribution < -0.4 is 14.8 Å². The Kier molecular flexibility index (Phi) is 3.61. The fraction of sp³-hybridized carbons (Fsp3) is 0.250. The number of benzene rings is 1. The molecule has 106 valence electrons. The molecule has 5 nitrogen and oxygen atoms in total. The monoisotopic (exact) mass is 281 g/mol. The summed E-state index contributed by atoms with van der Waals surface area (Å²) in [7, 11) is 0. The van der Waals surface area contributed by atoms with E-state index >= 15 is 0 Å². The molecule has 1 aromatic carbocycles. The standard InChI is InChI=1S/C16H15N3O2/c1-2-18-16-12(10-17)3-5-13(19-16)11-4-6-14-15(9-11)21-8-7-20-14/h3-6,9H,2,7-8H2,1H3,(H,18,19). The van der Waals surface area contributed by atoms with Crippen LogP contribution in [0.15, 0.2) is 30.3 Å². The molecule has 1 aliphatic heterocycles. The van der Waals surface area contributed by atoms with Crippen molar-refractivity contribution in [2.24, 2.45) is 0 Å². The smallest absolute Gasteiger partial charge is 0.162 e. The molecule has 0 fully saturated rings. The van der Waals surface area contributed by atoms with Crippen LogP contribution in [0.5, 0.6) is 11.5 Å². The Bertz CT molecular complexity index is 707. The second-order valence-corrected chi connectivity index (χ2v) is 4.59. The summed E-state index contributed by atoms with van der Waals surface area (Å²) in [6.07, 6.45) is 0. The van der Waals surface area contributed by atoms with Crippen molar-refractivity contribution in [3.63, 3.8) is 0 Å². The summed E-state index contributed by atoms with van der Waals surface area (Å²) in [5.41, 5.74) is 2.27. The number of fused-ring (bicyclic) bond motifs is 1. The van der Waals surface area contributed by atoms with Gasteiger partial charge in [0.15, 0.2) is 11.5 Å². The maximum absolute atomic E-state index is 9.10. The zero-order chi connectivity index (χ0) is 14.7. The molecule has 0 saturated carbocycles. The van der Waals surface area contributed by atoms with Crippen molar-refractivity contribution in [2.45, 2.75) is 6.92 Å². The van der Waals surface area contributed by atoms with E-state index in [0.29, 0.717) is 31.1 Å². The Morgan fingerprint density at radius 3 is 2.76 bits per heavy atom. The van der Waals surface area contributed by atoms with E-state index in [4.69, 9.17) is 14.7 Å². The predicted molar refractivity (Wildman–Crippen MR) is 79.5 cm³/mol. The maximum Gasteiger partial charge on any atom is 0.162 e. The van der Waals surface area contributed by atoms with Crippen LogP contribution >= 0.6 is 0 Å². The van der Waals surface area contributed by atoms with Crippen molar-refractivity contribution in [2.75, 3.05) is 25.1 Å². The summed E-state index contributed by atoms with van der Waals surface area (Å²) in [6.45, 7) is 3.82. The molecule has 0 unspecified atom stereocenters. The van der Waals surface area contributed by atoms with Crippen molar-refractivity contribution < 1.29 is 9.47 Å². The van der Waals surface area contributed by atoms with Crippen molar-refractivity contribution in [1.29, 1.82) is 5.26 Å². The van der Waals surface area contributed by atoms with E-state index in [1.54, 1.807) is 6.07 Å². The molecule has 2 aromatic rings. The summed E-state index contributed by atoms with van der Waals surface area (Å²) in [5, 5.41) is 12.2. The van der Waals surface area contributed by atoms with Gasteiger partial charge in [-0.25, -0.2) is 4.98 Å². The Balaban J connectivity index is 2.00. The molecule has 0 spiro atoms. The number of hydrogen-bond donors (Lipinski definition) is 1. The van der Waals surface area contributed by atoms with E-state index in [1.165, 1.54) is 0 Å². The van der Waals surface area contributed by atoms with E-state index < -0.39 is 0 Å². The molecule has 2 heterocycles. The van der Waals surface area contributed by atoms with Crippen LogP contribution in [0, 0.1) is 11.3 Å². The Hall–Kier alpha value is -2.74. The lowest BCUT2D eigenvalue weighted by Gasteiger charge is -2.19. The van der Waals surface area contributed by atoms with Gasteiger partial charge in [0.25, 0.3) is 0 Å². The van der Waals surface area contributed by atoms with E-state index in [9.17, 15) is 0 Å². The minimum atomic E-state index is 0.540. The Morgan fingerprint density at radius 1 is 1.19 bits per heavy atom. The molecule has 0 saturated heterocycles. The molecule has 21 heavy (non-hydrogen) atoms. The minimum absolute atomic E-state index is 0.540. The lowest BCUT2D eigenvalue weighted by molar-refractivity contribution is 0.171. The van der Waals surface area contributed by atoms with Crippen LogP contribution in [-0.2, 0) is 0 Å².